The second kappa shape index (κ2) is 8.70. The molecule has 3 rings (SSSR count). The molecule has 0 bridgehead atoms. The molecule has 1 aromatic rings. The Morgan fingerprint density at radius 3 is 2.68 bits per heavy atom. The van der Waals surface area contributed by atoms with E-state index in [1.54, 1.807) is 0 Å². The molecule has 6 heteroatoms. The second-order valence-electron chi connectivity index (χ2n) is 7.42. The molecule has 3 heterocycles. The predicted octanol–water partition coefficient (Wildman–Crippen LogP) is 2.92. The normalized spacial score (nSPS) is 20.0. The smallest absolute Gasteiger partial charge is 0.317 e. The molecule has 0 aromatic carbocycles. The van der Waals surface area contributed by atoms with Crippen molar-refractivity contribution in [3.8, 4) is 0 Å². The van der Waals surface area contributed by atoms with Gasteiger partial charge < -0.3 is 19.5 Å². The van der Waals surface area contributed by atoms with Crippen LogP contribution < -0.4 is 5.32 Å². The third-order valence-electron chi connectivity index (χ3n) is 5.54. The number of amides is 2. The van der Waals surface area contributed by atoms with Gasteiger partial charge in [0, 0.05) is 57.2 Å². The van der Waals surface area contributed by atoms with Crippen LogP contribution in [0.2, 0.25) is 0 Å². The van der Waals surface area contributed by atoms with E-state index >= 15 is 0 Å². The highest BCUT2D eigenvalue weighted by molar-refractivity contribution is 5.74. The van der Waals surface area contributed by atoms with Gasteiger partial charge in [-0.3, -0.25) is 0 Å². The van der Waals surface area contributed by atoms with Crippen molar-refractivity contribution < 1.29 is 9.53 Å². The van der Waals surface area contributed by atoms with Gasteiger partial charge in [-0.25, -0.2) is 9.78 Å². The minimum absolute atomic E-state index is 0.0991. The zero-order chi connectivity index (χ0) is 17.6. The van der Waals surface area contributed by atoms with E-state index in [4.69, 9.17) is 9.72 Å². The maximum atomic E-state index is 12.1. The summed E-state index contributed by atoms with van der Waals surface area (Å²) in [5.74, 6) is 2.40. The quantitative estimate of drug-likeness (QED) is 0.890. The Labute approximate surface area is 150 Å². The van der Waals surface area contributed by atoms with Crippen molar-refractivity contribution >= 4 is 6.03 Å². The fraction of sp³-hybridized carbons (Fsp3) is 0.789. The van der Waals surface area contributed by atoms with Crippen LogP contribution in [-0.4, -0.2) is 53.3 Å². The summed E-state index contributed by atoms with van der Waals surface area (Å²) in [7, 11) is 0. The van der Waals surface area contributed by atoms with Crippen LogP contribution in [0.3, 0.4) is 0 Å². The Balaban J connectivity index is 1.55. The van der Waals surface area contributed by atoms with E-state index in [2.05, 4.69) is 23.7 Å². The van der Waals surface area contributed by atoms with Crippen LogP contribution in [0.1, 0.15) is 56.5 Å². The summed E-state index contributed by atoms with van der Waals surface area (Å²) >= 11 is 0. The number of nitrogens with zero attached hydrogens (tertiary/aromatic N) is 3. The van der Waals surface area contributed by atoms with Gasteiger partial charge in [-0.2, -0.15) is 0 Å². The van der Waals surface area contributed by atoms with Gasteiger partial charge in [0.05, 0.1) is 0 Å². The van der Waals surface area contributed by atoms with Crippen molar-refractivity contribution in [2.75, 3.05) is 32.8 Å². The van der Waals surface area contributed by atoms with E-state index in [9.17, 15) is 4.79 Å². The van der Waals surface area contributed by atoms with E-state index in [0.29, 0.717) is 11.8 Å². The lowest BCUT2D eigenvalue weighted by Crippen LogP contribution is -2.45. The van der Waals surface area contributed by atoms with Crippen LogP contribution in [0, 0.1) is 12.8 Å². The number of hydrogen-bond acceptors (Lipinski definition) is 3. The third-order valence-corrected chi connectivity index (χ3v) is 5.54. The van der Waals surface area contributed by atoms with Crippen LogP contribution in [0.5, 0.6) is 0 Å². The summed E-state index contributed by atoms with van der Waals surface area (Å²) in [4.78, 5) is 18.8. The average molecular weight is 348 g/mol. The number of carbonyl (C=O) groups is 1. The third kappa shape index (κ3) is 4.54. The van der Waals surface area contributed by atoms with Crippen LogP contribution in [0.15, 0.2) is 6.20 Å². The monoisotopic (exact) mass is 348 g/mol. The van der Waals surface area contributed by atoms with Gasteiger partial charge in [0.25, 0.3) is 0 Å². The Morgan fingerprint density at radius 2 is 2.00 bits per heavy atom. The van der Waals surface area contributed by atoms with Crippen molar-refractivity contribution in [2.24, 2.45) is 5.92 Å². The molecule has 6 nitrogen and oxygen atoms in total. The van der Waals surface area contributed by atoms with Gasteiger partial charge in [0.15, 0.2) is 0 Å². The Hall–Kier alpha value is -1.56. The van der Waals surface area contributed by atoms with E-state index < -0.39 is 0 Å². The maximum absolute atomic E-state index is 12.1. The first-order valence-corrected chi connectivity index (χ1v) is 9.81. The number of urea groups is 1. The summed E-state index contributed by atoms with van der Waals surface area (Å²) in [6, 6.07) is 0.0991. The standard InChI is InChI=1S/C19H32N4O2/c1-3-8-20-19(24)22-9-4-16(5-10-22)14-23-15(2)13-21-18(23)17-6-11-25-12-7-17/h13,16-17H,3-12,14H2,1-2H3,(H,20,24). The molecule has 2 fully saturated rings. The predicted molar refractivity (Wildman–Crippen MR) is 97.7 cm³/mol. The maximum Gasteiger partial charge on any atom is 0.317 e. The Bertz CT molecular complexity index is 558. The van der Waals surface area contributed by atoms with Gasteiger partial charge in [-0.05, 0) is 44.9 Å². The summed E-state index contributed by atoms with van der Waals surface area (Å²) in [6.07, 6.45) is 7.29. The number of nitrogens with one attached hydrogen (secondary N) is 1. The van der Waals surface area contributed by atoms with Gasteiger partial charge in [-0.1, -0.05) is 6.92 Å². The largest absolute Gasteiger partial charge is 0.381 e. The number of aryl methyl sites for hydroxylation is 1. The van der Waals surface area contributed by atoms with Crippen LogP contribution in [0.25, 0.3) is 0 Å². The molecule has 25 heavy (non-hydrogen) atoms. The van der Waals surface area contributed by atoms with Crippen LogP contribution >= 0.6 is 0 Å². The zero-order valence-electron chi connectivity index (χ0n) is 15.7. The first kappa shape index (κ1) is 18.2. The minimum atomic E-state index is 0.0991. The number of hydrogen-bond donors (Lipinski definition) is 1. The first-order valence-electron chi connectivity index (χ1n) is 9.81. The fourth-order valence-corrected chi connectivity index (χ4v) is 3.92. The summed E-state index contributed by atoms with van der Waals surface area (Å²) in [6.45, 7) is 9.45. The molecule has 2 saturated heterocycles. The number of aromatic nitrogens is 2. The summed E-state index contributed by atoms with van der Waals surface area (Å²) < 4.78 is 7.92. The molecule has 0 radical (unpaired) electrons. The summed E-state index contributed by atoms with van der Waals surface area (Å²) in [5.41, 5.74) is 1.25. The minimum Gasteiger partial charge on any atom is -0.381 e. The van der Waals surface area contributed by atoms with Crippen LogP contribution in [-0.2, 0) is 11.3 Å². The van der Waals surface area contributed by atoms with Crippen LogP contribution in [0.4, 0.5) is 4.79 Å². The lowest BCUT2D eigenvalue weighted by molar-refractivity contribution is 0.0823. The molecule has 140 valence electrons. The first-order chi connectivity index (χ1) is 12.2. The van der Waals surface area contributed by atoms with E-state index in [-0.39, 0.29) is 6.03 Å². The highest BCUT2D eigenvalue weighted by atomic mass is 16.5. The molecule has 0 unspecified atom stereocenters. The highest BCUT2D eigenvalue weighted by Crippen LogP contribution is 2.28. The topological polar surface area (TPSA) is 59.4 Å². The summed E-state index contributed by atoms with van der Waals surface area (Å²) in [5, 5.41) is 2.98. The molecule has 2 aliphatic heterocycles. The lowest BCUT2D eigenvalue weighted by atomic mass is 9.95. The van der Waals surface area contributed by atoms with Crippen molar-refractivity contribution in [1.29, 1.82) is 0 Å². The zero-order valence-corrected chi connectivity index (χ0v) is 15.7. The number of ether oxygens (including phenoxy) is 1. The highest BCUT2D eigenvalue weighted by Gasteiger charge is 2.26. The molecule has 0 saturated carbocycles. The second-order valence-corrected chi connectivity index (χ2v) is 7.42. The number of piperidine rings is 1. The molecule has 1 aromatic heterocycles. The molecule has 1 N–H and O–H groups in total. The van der Waals surface area contributed by atoms with Crippen molar-refractivity contribution in [3.05, 3.63) is 17.7 Å². The van der Waals surface area contributed by atoms with Gasteiger partial charge in [0.2, 0.25) is 0 Å². The SMILES string of the molecule is CCCNC(=O)N1CCC(Cn2c(C)cnc2C2CCOCC2)CC1. The number of imidazole rings is 1. The number of carbonyl (C=O) groups excluding carboxylic acids is 1. The van der Waals surface area contributed by atoms with Crippen molar-refractivity contribution in [1.82, 2.24) is 19.8 Å². The lowest BCUT2D eigenvalue weighted by Gasteiger charge is -2.33. The van der Waals surface area contributed by atoms with Gasteiger partial charge in [-0.15, -0.1) is 0 Å². The fourth-order valence-electron chi connectivity index (χ4n) is 3.92. The molecule has 0 atom stereocenters. The van der Waals surface area contributed by atoms with Crippen molar-refractivity contribution in [2.45, 2.75) is 58.4 Å². The molecule has 0 aliphatic carbocycles. The van der Waals surface area contributed by atoms with E-state index in [0.717, 1.165) is 71.5 Å². The van der Waals surface area contributed by atoms with Gasteiger partial charge >= 0.3 is 6.03 Å². The van der Waals surface area contributed by atoms with Crippen molar-refractivity contribution in [3.63, 3.8) is 0 Å². The molecular formula is C19H32N4O2. The molecule has 2 aliphatic rings. The Morgan fingerprint density at radius 1 is 1.28 bits per heavy atom. The Kier molecular flexibility index (Phi) is 6.34. The number of rotatable bonds is 5. The molecule has 2 amide bonds. The van der Waals surface area contributed by atoms with E-state index in [1.165, 1.54) is 11.5 Å². The molecule has 0 spiro atoms. The van der Waals surface area contributed by atoms with Gasteiger partial charge in [0.1, 0.15) is 5.82 Å². The molecular weight excluding hydrogens is 316 g/mol. The average Bonchev–Trinajstić information content (AvgIpc) is 3.01. The van der Waals surface area contributed by atoms with E-state index in [1.807, 2.05) is 11.1 Å². The number of likely N-dealkylation sites (tertiary alicyclic amines) is 1.